The zero-order chi connectivity index (χ0) is 20.8. The van der Waals surface area contributed by atoms with Crippen LogP contribution in [0.2, 0.25) is 0 Å². The summed E-state index contributed by atoms with van der Waals surface area (Å²) in [5, 5.41) is 16.0. The third-order valence-electron chi connectivity index (χ3n) is 3.82. The highest BCUT2D eigenvalue weighted by atomic mass is 16.6. The van der Waals surface area contributed by atoms with Gasteiger partial charge in [0.1, 0.15) is 12.3 Å². The van der Waals surface area contributed by atoms with Crippen molar-refractivity contribution in [2.45, 2.75) is 39.3 Å². The van der Waals surface area contributed by atoms with Crippen molar-refractivity contribution in [2.24, 2.45) is 11.7 Å². The number of anilines is 1. The number of nitrogens with two attached hydrogens (primary N) is 1. The number of aromatic nitrogens is 1. The molecular formula is C18H23N5O5. The van der Waals surface area contributed by atoms with Crippen LogP contribution in [0.3, 0.4) is 0 Å². The van der Waals surface area contributed by atoms with Gasteiger partial charge in [-0.05, 0) is 31.4 Å². The van der Waals surface area contributed by atoms with Crippen LogP contribution in [0.15, 0.2) is 34.9 Å². The molecule has 4 N–H and O–H groups in total. The highest BCUT2D eigenvalue weighted by Crippen LogP contribution is 2.17. The van der Waals surface area contributed by atoms with E-state index in [1.54, 1.807) is 6.92 Å². The Morgan fingerprint density at radius 2 is 1.89 bits per heavy atom. The molecule has 28 heavy (non-hydrogen) atoms. The van der Waals surface area contributed by atoms with Crippen LogP contribution in [0.4, 0.5) is 11.4 Å². The van der Waals surface area contributed by atoms with E-state index in [4.69, 9.17) is 10.2 Å². The van der Waals surface area contributed by atoms with Gasteiger partial charge in [0.05, 0.1) is 11.0 Å². The molecule has 0 aliphatic carbocycles. The van der Waals surface area contributed by atoms with Gasteiger partial charge in [0.15, 0.2) is 5.69 Å². The molecule has 0 fully saturated rings. The Morgan fingerprint density at radius 1 is 1.25 bits per heavy atom. The third kappa shape index (κ3) is 5.61. The zero-order valence-corrected chi connectivity index (χ0v) is 15.8. The van der Waals surface area contributed by atoms with Crippen LogP contribution >= 0.6 is 0 Å². The van der Waals surface area contributed by atoms with Crippen molar-refractivity contribution in [1.82, 2.24) is 10.3 Å². The van der Waals surface area contributed by atoms with Crippen molar-refractivity contribution >= 4 is 23.2 Å². The molecule has 2 amide bonds. The van der Waals surface area contributed by atoms with Crippen molar-refractivity contribution < 1.29 is 18.9 Å². The van der Waals surface area contributed by atoms with Crippen molar-refractivity contribution in [3.05, 3.63) is 52.2 Å². The lowest BCUT2D eigenvalue weighted by atomic mass is 10.0. The number of nitrogens with zero attached hydrogens (tertiary/aromatic N) is 2. The van der Waals surface area contributed by atoms with Gasteiger partial charge in [-0.3, -0.25) is 19.7 Å². The first-order valence-corrected chi connectivity index (χ1v) is 8.74. The Kier molecular flexibility index (Phi) is 6.83. The number of oxazole rings is 1. The fraction of sp³-hybridized carbons (Fsp3) is 0.389. The van der Waals surface area contributed by atoms with Gasteiger partial charge in [0.2, 0.25) is 11.8 Å². The van der Waals surface area contributed by atoms with E-state index in [9.17, 15) is 19.7 Å². The minimum Gasteiger partial charge on any atom is -0.446 e. The van der Waals surface area contributed by atoms with Gasteiger partial charge in [0, 0.05) is 17.8 Å². The number of nitro benzene ring substituents is 1. The molecule has 1 aromatic carbocycles. The van der Waals surface area contributed by atoms with E-state index in [1.165, 1.54) is 30.5 Å². The number of non-ortho nitro benzene ring substituents is 1. The Bertz CT molecular complexity index is 844. The summed E-state index contributed by atoms with van der Waals surface area (Å²) in [6.07, 6.45) is 1.58. The first-order valence-electron chi connectivity index (χ1n) is 8.74. The average molecular weight is 389 g/mol. The standard InChI is InChI=1S/C18H23N5O5/c1-10(2)8-14(21-17(25)15-9-28-18(22-15)11(3)19)16(24)20-12-4-6-13(7-5-12)23(26)27/h4-7,9-11,14H,8,19H2,1-3H3,(H,20,24)(H,21,25). The van der Waals surface area contributed by atoms with Crippen LogP contribution in [0.5, 0.6) is 0 Å². The Balaban J connectivity index is 2.09. The molecule has 2 rings (SSSR count). The lowest BCUT2D eigenvalue weighted by Crippen LogP contribution is -2.44. The van der Waals surface area contributed by atoms with Crippen molar-refractivity contribution in [3.8, 4) is 0 Å². The molecule has 2 aromatic rings. The number of amides is 2. The highest BCUT2D eigenvalue weighted by molar-refractivity contribution is 6.00. The lowest BCUT2D eigenvalue weighted by Gasteiger charge is -2.19. The predicted molar refractivity (Wildman–Crippen MR) is 102 cm³/mol. The van der Waals surface area contributed by atoms with E-state index in [-0.39, 0.29) is 23.2 Å². The minimum atomic E-state index is -0.821. The topological polar surface area (TPSA) is 153 Å². The van der Waals surface area contributed by atoms with Crippen LogP contribution in [-0.4, -0.2) is 27.8 Å². The molecule has 0 bridgehead atoms. The van der Waals surface area contributed by atoms with Crippen molar-refractivity contribution in [2.75, 3.05) is 5.32 Å². The molecule has 1 heterocycles. The number of benzene rings is 1. The van der Waals surface area contributed by atoms with Crippen LogP contribution in [0.25, 0.3) is 0 Å². The molecule has 0 saturated carbocycles. The molecule has 0 aliphatic heterocycles. The summed E-state index contributed by atoms with van der Waals surface area (Å²) in [4.78, 5) is 39.2. The van der Waals surface area contributed by atoms with Crippen LogP contribution in [-0.2, 0) is 4.79 Å². The summed E-state index contributed by atoms with van der Waals surface area (Å²) in [5.74, 6) is -0.641. The first-order chi connectivity index (χ1) is 13.2. The number of rotatable bonds is 8. The van der Waals surface area contributed by atoms with Gasteiger partial charge in [-0.25, -0.2) is 4.98 Å². The van der Waals surface area contributed by atoms with E-state index in [2.05, 4.69) is 15.6 Å². The molecule has 0 radical (unpaired) electrons. The predicted octanol–water partition coefficient (Wildman–Crippen LogP) is 2.39. The SMILES string of the molecule is CC(C)CC(NC(=O)c1coc(C(C)N)n1)C(=O)Nc1ccc([N+](=O)[O-])cc1. The molecule has 150 valence electrons. The number of nitrogens with one attached hydrogen (secondary N) is 2. The van der Waals surface area contributed by atoms with Gasteiger partial charge in [-0.15, -0.1) is 0 Å². The maximum Gasteiger partial charge on any atom is 0.273 e. The smallest absolute Gasteiger partial charge is 0.273 e. The van der Waals surface area contributed by atoms with Gasteiger partial charge >= 0.3 is 0 Å². The Labute approximate surface area is 161 Å². The van der Waals surface area contributed by atoms with Crippen LogP contribution in [0, 0.1) is 16.0 Å². The third-order valence-corrected chi connectivity index (χ3v) is 3.82. The molecule has 0 aliphatic rings. The zero-order valence-electron chi connectivity index (χ0n) is 15.8. The second kappa shape index (κ2) is 9.09. The van der Waals surface area contributed by atoms with E-state index in [0.717, 1.165) is 0 Å². The first kappa shape index (κ1) is 21.0. The van der Waals surface area contributed by atoms with E-state index >= 15 is 0 Å². The summed E-state index contributed by atoms with van der Waals surface area (Å²) in [6.45, 7) is 5.51. The van der Waals surface area contributed by atoms with Gasteiger partial charge in [-0.2, -0.15) is 0 Å². The second-order valence-corrected chi connectivity index (χ2v) is 6.81. The number of carbonyl (C=O) groups excluding carboxylic acids is 2. The maximum atomic E-state index is 12.6. The highest BCUT2D eigenvalue weighted by Gasteiger charge is 2.24. The molecular weight excluding hydrogens is 366 g/mol. The van der Waals surface area contributed by atoms with E-state index in [0.29, 0.717) is 12.1 Å². The summed E-state index contributed by atoms with van der Waals surface area (Å²) >= 11 is 0. The minimum absolute atomic E-state index is 0.0317. The molecule has 2 atom stereocenters. The molecule has 0 saturated heterocycles. The van der Waals surface area contributed by atoms with Gasteiger partial charge in [-0.1, -0.05) is 13.8 Å². The summed E-state index contributed by atoms with van der Waals surface area (Å²) in [5.41, 5.74) is 6.00. The lowest BCUT2D eigenvalue weighted by molar-refractivity contribution is -0.384. The molecule has 1 aromatic heterocycles. The van der Waals surface area contributed by atoms with Crippen molar-refractivity contribution in [3.63, 3.8) is 0 Å². The number of carbonyl (C=O) groups is 2. The molecule has 2 unspecified atom stereocenters. The fourth-order valence-electron chi connectivity index (χ4n) is 2.43. The number of hydrogen-bond acceptors (Lipinski definition) is 7. The van der Waals surface area contributed by atoms with Crippen molar-refractivity contribution in [1.29, 1.82) is 0 Å². The molecule has 10 heteroatoms. The quantitative estimate of drug-likeness (QED) is 0.462. The summed E-state index contributed by atoms with van der Waals surface area (Å²) < 4.78 is 5.14. The number of hydrogen-bond donors (Lipinski definition) is 3. The van der Waals surface area contributed by atoms with Gasteiger partial charge < -0.3 is 20.8 Å². The maximum absolute atomic E-state index is 12.6. The summed E-state index contributed by atoms with van der Waals surface area (Å²) in [7, 11) is 0. The second-order valence-electron chi connectivity index (χ2n) is 6.81. The molecule has 0 spiro atoms. The van der Waals surface area contributed by atoms with Crippen LogP contribution in [0.1, 0.15) is 49.6 Å². The Morgan fingerprint density at radius 3 is 2.39 bits per heavy atom. The van der Waals surface area contributed by atoms with Gasteiger partial charge in [0.25, 0.3) is 11.6 Å². The summed E-state index contributed by atoms with van der Waals surface area (Å²) in [6, 6.07) is 4.15. The van der Waals surface area contributed by atoms with E-state index in [1.807, 2.05) is 13.8 Å². The monoisotopic (exact) mass is 389 g/mol. The normalized spacial score (nSPS) is 13.0. The van der Waals surface area contributed by atoms with Crippen LogP contribution < -0.4 is 16.4 Å². The molecule has 10 nitrogen and oxygen atoms in total. The largest absolute Gasteiger partial charge is 0.446 e. The average Bonchev–Trinajstić information content (AvgIpc) is 3.11. The van der Waals surface area contributed by atoms with E-state index < -0.39 is 28.8 Å². The Hall–Kier alpha value is -3.27. The fourth-order valence-corrected chi connectivity index (χ4v) is 2.43. The number of nitro groups is 1.